The number of hydrogen-bond acceptors (Lipinski definition) is 0. The first-order valence-corrected chi connectivity index (χ1v) is 7.25. The molecule has 0 N–H and O–H groups in total. The quantitative estimate of drug-likeness (QED) is 0.597. The second kappa shape index (κ2) is 5.37. The molecule has 0 aromatic rings. The van der Waals surface area contributed by atoms with Crippen LogP contribution in [0, 0.1) is 23.7 Å². The molecule has 0 aromatic heterocycles. The van der Waals surface area contributed by atoms with E-state index in [4.69, 9.17) is 0 Å². The molecule has 2 saturated carbocycles. The average Bonchev–Trinajstić information content (AvgIpc) is 2.25. The Kier molecular flexibility index (Phi) is 4.11. The van der Waals surface area contributed by atoms with Gasteiger partial charge in [-0.25, -0.2) is 0 Å². The lowest BCUT2D eigenvalue weighted by Crippen LogP contribution is -2.22. The Hall–Kier alpha value is 0. The summed E-state index contributed by atoms with van der Waals surface area (Å²) in [6.07, 6.45) is 13.7. The molecule has 0 spiro atoms. The van der Waals surface area contributed by atoms with Crippen LogP contribution in [0.4, 0.5) is 0 Å². The molecule has 2 aliphatic carbocycles. The summed E-state index contributed by atoms with van der Waals surface area (Å²) < 4.78 is 0. The summed E-state index contributed by atoms with van der Waals surface area (Å²) >= 11 is 0. The zero-order valence-electron chi connectivity index (χ0n) is 10.7. The topological polar surface area (TPSA) is 0 Å². The lowest BCUT2D eigenvalue weighted by molar-refractivity contribution is 0.176. The van der Waals surface area contributed by atoms with Crippen molar-refractivity contribution in [3.8, 4) is 0 Å². The molecule has 0 heterocycles. The summed E-state index contributed by atoms with van der Waals surface area (Å²) in [4.78, 5) is 0. The third-order valence-electron chi connectivity index (χ3n) is 5.06. The van der Waals surface area contributed by atoms with E-state index in [-0.39, 0.29) is 0 Å². The van der Waals surface area contributed by atoms with Crippen LogP contribution in [-0.4, -0.2) is 0 Å². The Morgan fingerprint density at radius 3 is 2.13 bits per heavy atom. The molecule has 2 unspecified atom stereocenters. The molecule has 2 fully saturated rings. The molecule has 0 radical (unpaired) electrons. The molecule has 0 saturated heterocycles. The molecule has 15 heavy (non-hydrogen) atoms. The zero-order chi connectivity index (χ0) is 10.7. The largest absolute Gasteiger partial charge is 0.0625 e. The third-order valence-corrected chi connectivity index (χ3v) is 5.06. The molecule has 88 valence electrons. The highest BCUT2D eigenvalue weighted by molar-refractivity contribution is 4.78. The van der Waals surface area contributed by atoms with Crippen LogP contribution in [0.1, 0.15) is 71.6 Å². The zero-order valence-corrected chi connectivity index (χ0v) is 10.7. The van der Waals surface area contributed by atoms with Crippen LogP contribution in [0.2, 0.25) is 0 Å². The van der Waals surface area contributed by atoms with Crippen molar-refractivity contribution in [2.24, 2.45) is 23.7 Å². The van der Waals surface area contributed by atoms with E-state index in [1.807, 2.05) is 0 Å². The van der Waals surface area contributed by atoms with Crippen molar-refractivity contribution in [1.29, 1.82) is 0 Å². The maximum Gasteiger partial charge on any atom is -0.0386 e. The van der Waals surface area contributed by atoms with Gasteiger partial charge in [0, 0.05) is 0 Å². The van der Waals surface area contributed by atoms with Crippen molar-refractivity contribution < 1.29 is 0 Å². The monoisotopic (exact) mass is 208 g/mol. The minimum atomic E-state index is 1.02. The molecule has 0 amide bonds. The molecule has 0 bridgehead atoms. The van der Waals surface area contributed by atoms with Gasteiger partial charge in [-0.05, 0) is 30.1 Å². The molecular weight excluding hydrogens is 180 g/mol. The lowest BCUT2D eigenvalue weighted by atomic mass is 9.72. The van der Waals surface area contributed by atoms with Gasteiger partial charge in [0.05, 0.1) is 0 Å². The van der Waals surface area contributed by atoms with E-state index in [1.54, 1.807) is 6.42 Å². The average molecular weight is 208 g/mol. The van der Waals surface area contributed by atoms with Crippen molar-refractivity contribution in [2.45, 2.75) is 71.6 Å². The lowest BCUT2D eigenvalue weighted by Gasteiger charge is -2.34. The maximum absolute atomic E-state index is 2.50. The normalized spacial score (nSPS) is 42.8. The van der Waals surface area contributed by atoms with Gasteiger partial charge in [-0.2, -0.15) is 0 Å². The molecule has 2 rings (SSSR count). The van der Waals surface area contributed by atoms with Crippen LogP contribution in [-0.2, 0) is 0 Å². The van der Waals surface area contributed by atoms with Gasteiger partial charge in [-0.3, -0.25) is 0 Å². The van der Waals surface area contributed by atoms with Gasteiger partial charge < -0.3 is 0 Å². The Morgan fingerprint density at radius 1 is 0.800 bits per heavy atom. The highest BCUT2D eigenvalue weighted by atomic mass is 14.3. The predicted molar refractivity (Wildman–Crippen MR) is 66.9 cm³/mol. The Balaban J connectivity index is 1.75. The smallest absolute Gasteiger partial charge is 0.0386 e. The SMILES string of the molecule is CC1CCC(CC2CCCCC2C)CC1. The first kappa shape index (κ1) is 11.5. The summed E-state index contributed by atoms with van der Waals surface area (Å²) in [5, 5.41) is 0. The van der Waals surface area contributed by atoms with Gasteiger partial charge in [-0.15, -0.1) is 0 Å². The maximum atomic E-state index is 2.50. The summed E-state index contributed by atoms with van der Waals surface area (Å²) in [5.41, 5.74) is 0. The molecule has 0 nitrogen and oxygen atoms in total. The van der Waals surface area contributed by atoms with E-state index in [2.05, 4.69) is 13.8 Å². The van der Waals surface area contributed by atoms with Crippen molar-refractivity contribution in [3.63, 3.8) is 0 Å². The van der Waals surface area contributed by atoms with Gasteiger partial charge in [-0.1, -0.05) is 65.2 Å². The first-order chi connectivity index (χ1) is 7.25. The third kappa shape index (κ3) is 3.23. The minimum Gasteiger partial charge on any atom is -0.0625 e. The van der Waals surface area contributed by atoms with Crippen LogP contribution in [0.5, 0.6) is 0 Å². The van der Waals surface area contributed by atoms with Crippen molar-refractivity contribution in [2.75, 3.05) is 0 Å². The molecule has 0 heteroatoms. The van der Waals surface area contributed by atoms with E-state index in [1.165, 1.54) is 51.4 Å². The predicted octanol–water partition coefficient (Wildman–Crippen LogP) is 5.03. The van der Waals surface area contributed by atoms with Crippen molar-refractivity contribution in [3.05, 3.63) is 0 Å². The van der Waals surface area contributed by atoms with Gasteiger partial charge >= 0.3 is 0 Å². The summed E-state index contributed by atoms with van der Waals surface area (Å²) in [6.45, 7) is 4.93. The van der Waals surface area contributed by atoms with Crippen LogP contribution in [0.25, 0.3) is 0 Å². The Labute approximate surface area is 95.8 Å². The standard InChI is InChI=1S/C15H28/c1-12-7-9-14(10-8-12)11-15-6-4-3-5-13(15)2/h12-15H,3-11H2,1-2H3. The van der Waals surface area contributed by atoms with Crippen molar-refractivity contribution >= 4 is 0 Å². The second-order valence-electron chi connectivity index (χ2n) is 6.38. The fourth-order valence-corrected chi connectivity index (χ4v) is 3.74. The fraction of sp³-hybridized carbons (Fsp3) is 1.00. The van der Waals surface area contributed by atoms with Crippen molar-refractivity contribution in [1.82, 2.24) is 0 Å². The van der Waals surface area contributed by atoms with Gasteiger partial charge in [0.25, 0.3) is 0 Å². The molecule has 2 atom stereocenters. The second-order valence-corrected chi connectivity index (χ2v) is 6.38. The summed E-state index contributed by atoms with van der Waals surface area (Å²) in [6, 6.07) is 0. The van der Waals surface area contributed by atoms with Crippen LogP contribution in [0.15, 0.2) is 0 Å². The van der Waals surface area contributed by atoms with Crippen LogP contribution >= 0.6 is 0 Å². The summed E-state index contributed by atoms with van der Waals surface area (Å²) in [7, 11) is 0. The first-order valence-electron chi connectivity index (χ1n) is 7.25. The van der Waals surface area contributed by atoms with E-state index < -0.39 is 0 Å². The van der Waals surface area contributed by atoms with E-state index in [9.17, 15) is 0 Å². The molecule has 2 aliphatic rings. The minimum absolute atomic E-state index is 1.02. The van der Waals surface area contributed by atoms with Gasteiger partial charge in [0.1, 0.15) is 0 Å². The fourth-order valence-electron chi connectivity index (χ4n) is 3.74. The highest BCUT2D eigenvalue weighted by Crippen LogP contribution is 2.39. The Bertz CT molecular complexity index is 176. The van der Waals surface area contributed by atoms with Crippen LogP contribution < -0.4 is 0 Å². The van der Waals surface area contributed by atoms with E-state index in [0.29, 0.717) is 0 Å². The number of rotatable bonds is 2. The van der Waals surface area contributed by atoms with Gasteiger partial charge in [0.2, 0.25) is 0 Å². The number of hydrogen-bond donors (Lipinski definition) is 0. The molecule has 0 aliphatic heterocycles. The van der Waals surface area contributed by atoms with E-state index >= 15 is 0 Å². The highest BCUT2D eigenvalue weighted by Gasteiger charge is 2.26. The molecule has 0 aromatic carbocycles. The van der Waals surface area contributed by atoms with Crippen LogP contribution in [0.3, 0.4) is 0 Å². The molecular formula is C15H28. The summed E-state index contributed by atoms with van der Waals surface area (Å²) in [5.74, 6) is 4.21. The Morgan fingerprint density at radius 2 is 1.47 bits per heavy atom. The van der Waals surface area contributed by atoms with Gasteiger partial charge in [0.15, 0.2) is 0 Å². The van der Waals surface area contributed by atoms with E-state index in [0.717, 1.165) is 23.7 Å².